The number of nitrogens with one attached hydrogen (secondary N) is 3. The van der Waals surface area contributed by atoms with Crippen LogP contribution in [0.1, 0.15) is 90.4 Å². The summed E-state index contributed by atoms with van der Waals surface area (Å²) in [6, 6.07) is 29.8. The Hall–Kier alpha value is -6.72. The van der Waals surface area contributed by atoms with Crippen LogP contribution in [0.3, 0.4) is 0 Å². The summed E-state index contributed by atoms with van der Waals surface area (Å²) in [7, 11) is -4.76. The van der Waals surface area contributed by atoms with E-state index in [4.69, 9.17) is 14.5 Å². The van der Waals surface area contributed by atoms with Gasteiger partial charge in [0.15, 0.2) is 10.7 Å². The zero-order valence-electron chi connectivity index (χ0n) is 37.6. The maximum absolute atomic E-state index is 14.4. The molecule has 2 saturated heterocycles. The monoisotopic (exact) mass is 935 g/mol. The van der Waals surface area contributed by atoms with E-state index >= 15 is 0 Å². The molecule has 68 heavy (non-hydrogen) atoms. The second-order valence-electron chi connectivity index (χ2n) is 19.5. The van der Waals surface area contributed by atoms with Gasteiger partial charge in [0.25, 0.3) is 15.9 Å². The van der Waals surface area contributed by atoms with Crippen LogP contribution in [-0.4, -0.2) is 90.6 Å². The third kappa shape index (κ3) is 7.84. The summed E-state index contributed by atoms with van der Waals surface area (Å²) < 4.78 is 42.2. The van der Waals surface area contributed by atoms with E-state index in [0.717, 1.165) is 54.6 Å². The highest BCUT2D eigenvalue weighted by Crippen LogP contribution is 2.55. The lowest BCUT2D eigenvalue weighted by Crippen LogP contribution is -2.55. The standard InChI is InChI=1S/C51H53N9O7S/c61-48(56-68(64,65)45-28-43(60(62)63)46-50(54-45)67-31-35(53-46)25-32-7-2-1-3-8-32)40-15-14-36(27-42(40)59-23-24-66-49-44(59)26-34-16-19-52-47(34)55-49)57-21-17-51(18-22-57)29-37(30-51)58-20-6-11-41(58)39-10-5-4-9-38(39)33-12-13-33/h1-5,7-10,14-16,19,26-28,33,35,37,41,53H,6,11-13,17-18,20-25,29-31H2,(H,52,55)(H,56,61)/t35-,41-/m0/s1. The topological polar surface area (TPSA) is 188 Å². The number of hydrogen-bond acceptors (Lipinski definition) is 13. The SMILES string of the molecule is O=C(NS(=O)(=O)c1cc([N+](=O)[O-])c2c(n1)OC[C@H](Cc1ccccc1)N2)c1ccc(N2CCC3(CC2)CC(N2CCC[C@H]2c2ccccc2C2CC2)C3)cc1N1CCOc2nc3[nH]ccc3cc21. The van der Waals surface area contributed by atoms with Gasteiger partial charge in [0, 0.05) is 42.4 Å². The van der Waals surface area contributed by atoms with Gasteiger partial charge >= 0.3 is 5.69 Å². The van der Waals surface area contributed by atoms with Gasteiger partial charge in [0.05, 0.1) is 34.8 Å². The van der Waals surface area contributed by atoms with Crippen LogP contribution in [-0.2, 0) is 16.4 Å². The number of likely N-dealkylation sites (tertiary alicyclic amines) is 1. The summed E-state index contributed by atoms with van der Waals surface area (Å²) in [4.78, 5) is 45.3. The molecule has 350 valence electrons. The highest BCUT2D eigenvalue weighted by Gasteiger charge is 2.50. The summed E-state index contributed by atoms with van der Waals surface area (Å²) in [5.74, 6) is -0.0247. The van der Waals surface area contributed by atoms with Crippen molar-refractivity contribution in [3.63, 3.8) is 0 Å². The lowest BCUT2D eigenvalue weighted by atomic mass is 9.59. The third-order valence-electron chi connectivity index (χ3n) is 15.2. The van der Waals surface area contributed by atoms with Crippen LogP contribution in [0.25, 0.3) is 11.0 Å². The molecule has 3 aromatic carbocycles. The van der Waals surface area contributed by atoms with Crippen molar-refractivity contribution in [2.45, 2.75) is 86.9 Å². The molecule has 17 heteroatoms. The molecule has 1 spiro atoms. The Morgan fingerprint density at radius 2 is 1.66 bits per heavy atom. The van der Waals surface area contributed by atoms with Crippen LogP contribution < -0.4 is 29.3 Å². The molecule has 2 aliphatic carbocycles. The minimum atomic E-state index is -4.76. The number of H-pyrrole nitrogens is 1. The summed E-state index contributed by atoms with van der Waals surface area (Å²) in [5.41, 5.74) is 6.68. The Bertz CT molecular complexity index is 3050. The van der Waals surface area contributed by atoms with Crippen LogP contribution in [0.4, 0.5) is 28.4 Å². The zero-order valence-corrected chi connectivity index (χ0v) is 38.4. The van der Waals surface area contributed by atoms with Gasteiger partial charge in [-0.15, -0.1) is 0 Å². The minimum absolute atomic E-state index is 0.0206. The van der Waals surface area contributed by atoms with E-state index < -0.39 is 31.6 Å². The average molecular weight is 936 g/mol. The summed E-state index contributed by atoms with van der Waals surface area (Å²) in [6.07, 6.45) is 12.0. The Balaban J connectivity index is 0.796. The first-order valence-electron chi connectivity index (χ1n) is 23.9. The average Bonchev–Trinajstić information content (AvgIpc) is 3.90. The minimum Gasteiger partial charge on any atom is -0.474 e. The van der Waals surface area contributed by atoms with E-state index in [0.29, 0.717) is 53.4 Å². The van der Waals surface area contributed by atoms with Crippen molar-refractivity contribution in [3.8, 4) is 11.8 Å². The van der Waals surface area contributed by atoms with Crippen molar-refractivity contribution in [2.75, 3.05) is 54.5 Å². The Labute approximate surface area is 394 Å². The van der Waals surface area contributed by atoms with Gasteiger partial charge in [0.2, 0.25) is 11.8 Å². The second-order valence-corrected chi connectivity index (χ2v) is 21.1. The van der Waals surface area contributed by atoms with E-state index in [-0.39, 0.29) is 36.4 Å². The molecular weight excluding hydrogens is 883 g/mol. The fourth-order valence-corrected chi connectivity index (χ4v) is 12.6. The van der Waals surface area contributed by atoms with Gasteiger partial charge in [-0.3, -0.25) is 19.8 Å². The second kappa shape index (κ2) is 16.8. The number of sulfonamides is 1. The molecule has 16 nitrogen and oxygen atoms in total. The molecule has 12 rings (SSSR count). The fourth-order valence-electron chi connectivity index (χ4n) is 11.6. The summed E-state index contributed by atoms with van der Waals surface area (Å²) in [6.45, 7) is 3.62. The van der Waals surface area contributed by atoms with Crippen molar-refractivity contribution in [3.05, 3.63) is 130 Å². The largest absolute Gasteiger partial charge is 0.474 e. The lowest BCUT2D eigenvalue weighted by Gasteiger charge is -2.56. The van der Waals surface area contributed by atoms with Crippen molar-refractivity contribution < 1.29 is 27.6 Å². The number of aromatic nitrogens is 3. The molecule has 3 aromatic heterocycles. The number of hydrogen-bond donors (Lipinski definition) is 3. The molecule has 2 atom stereocenters. The van der Waals surface area contributed by atoms with E-state index in [1.54, 1.807) is 23.4 Å². The first-order valence-corrected chi connectivity index (χ1v) is 25.4. The van der Waals surface area contributed by atoms with Gasteiger partial charge in [0.1, 0.15) is 24.5 Å². The van der Waals surface area contributed by atoms with Gasteiger partial charge in [-0.1, -0.05) is 54.6 Å². The Morgan fingerprint density at radius 3 is 2.46 bits per heavy atom. The predicted molar refractivity (Wildman–Crippen MR) is 258 cm³/mol. The molecule has 1 amide bonds. The fraction of sp³-hybridized carbons (Fsp3) is 0.392. The number of carbonyl (C=O) groups excluding carboxylic acids is 1. The molecule has 3 N–H and O–H groups in total. The van der Waals surface area contributed by atoms with Gasteiger partial charge in [-0.2, -0.15) is 18.4 Å². The van der Waals surface area contributed by atoms with Gasteiger partial charge in [-0.05, 0) is 123 Å². The van der Waals surface area contributed by atoms with Crippen LogP contribution in [0, 0.1) is 15.5 Å². The molecule has 4 aliphatic heterocycles. The number of fused-ring (bicyclic) bond motifs is 3. The number of aromatic amines is 1. The zero-order chi connectivity index (χ0) is 46.1. The molecule has 7 heterocycles. The smallest absolute Gasteiger partial charge is 0.300 e. The number of ether oxygens (including phenoxy) is 2. The summed E-state index contributed by atoms with van der Waals surface area (Å²) in [5, 5.41) is 15.7. The van der Waals surface area contributed by atoms with E-state index in [1.165, 1.54) is 45.1 Å². The molecule has 0 unspecified atom stereocenters. The first kappa shape index (κ1) is 42.6. The molecular formula is C51H53N9O7S. The third-order valence-corrected chi connectivity index (χ3v) is 16.5. The quantitative estimate of drug-likeness (QED) is 0.0831. The van der Waals surface area contributed by atoms with Crippen molar-refractivity contribution in [1.82, 2.24) is 24.6 Å². The molecule has 6 aromatic rings. The van der Waals surface area contributed by atoms with Gasteiger partial charge < -0.3 is 29.6 Å². The van der Waals surface area contributed by atoms with E-state index in [2.05, 4.69) is 54.1 Å². The lowest BCUT2D eigenvalue weighted by molar-refractivity contribution is -0.384. The number of nitro groups is 1. The Kier molecular flexibility index (Phi) is 10.5. The van der Waals surface area contributed by atoms with Gasteiger partial charge in [-0.25, -0.2) is 4.72 Å². The normalized spacial score (nSPS) is 21.3. The highest BCUT2D eigenvalue weighted by molar-refractivity contribution is 7.90. The van der Waals surface area contributed by atoms with Crippen molar-refractivity contribution in [1.29, 1.82) is 0 Å². The summed E-state index contributed by atoms with van der Waals surface area (Å²) >= 11 is 0. The molecule has 6 aliphatic rings. The molecule has 0 bridgehead atoms. The number of nitrogens with zero attached hydrogens (tertiary/aromatic N) is 6. The first-order chi connectivity index (χ1) is 33.1. The molecule has 2 saturated carbocycles. The number of pyridine rings is 2. The maximum atomic E-state index is 14.4. The molecule has 0 radical (unpaired) electrons. The van der Waals surface area contributed by atoms with Crippen molar-refractivity contribution >= 4 is 55.4 Å². The maximum Gasteiger partial charge on any atom is 0.300 e. The van der Waals surface area contributed by atoms with Crippen LogP contribution >= 0.6 is 0 Å². The predicted octanol–water partition coefficient (Wildman–Crippen LogP) is 8.39. The van der Waals surface area contributed by atoms with Crippen molar-refractivity contribution in [2.24, 2.45) is 5.41 Å². The highest BCUT2D eigenvalue weighted by atomic mass is 32.2. The van der Waals surface area contributed by atoms with E-state index in [9.17, 15) is 23.3 Å². The number of amides is 1. The van der Waals surface area contributed by atoms with Crippen LogP contribution in [0.15, 0.2) is 102 Å². The molecule has 4 fully saturated rings. The number of carbonyl (C=O) groups is 1. The number of piperidine rings is 1. The number of anilines is 4. The number of rotatable bonds is 11. The van der Waals surface area contributed by atoms with E-state index in [1.807, 2.05) is 59.5 Å². The number of benzene rings is 3. The Morgan fingerprint density at radius 1 is 0.868 bits per heavy atom. The van der Waals surface area contributed by atoms with Crippen LogP contribution in [0.2, 0.25) is 0 Å². The van der Waals surface area contributed by atoms with Crippen LogP contribution in [0.5, 0.6) is 11.8 Å².